The summed E-state index contributed by atoms with van der Waals surface area (Å²) in [6, 6.07) is 11.8. The summed E-state index contributed by atoms with van der Waals surface area (Å²) in [5, 5.41) is 0.430. The number of unbranched alkanes of at least 4 members (excludes halogenated alkanes) is 2. The molecule has 0 aliphatic rings. The van der Waals surface area contributed by atoms with Gasteiger partial charge < -0.3 is 4.74 Å². The highest BCUT2D eigenvalue weighted by Gasteiger charge is 2.16. The molecule has 2 aromatic rings. The monoisotopic (exact) mass is 367 g/mol. The zero-order chi connectivity index (χ0) is 17.6. The second kappa shape index (κ2) is 8.40. The van der Waals surface area contributed by atoms with Gasteiger partial charge >= 0.3 is 0 Å². The lowest BCUT2D eigenvalue weighted by atomic mass is 10.1. The smallest absolute Gasteiger partial charge is 0.262 e. The van der Waals surface area contributed by atoms with E-state index < -0.39 is 10.0 Å². The Balaban J connectivity index is 2.17. The van der Waals surface area contributed by atoms with Gasteiger partial charge in [0.2, 0.25) is 0 Å². The molecule has 0 aliphatic heterocycles. The van der Waals surface area contributed by atoms with Crippen molar-refractivity contribution < 1.29 is 13.2 Å². The van der Waals surface area contributed by atoms with Crippen LogP contribution in [0, 0.1) is 0 Å². The van der Waals surface area contributed by atoms with Crippen LogP contribution < -0.4 is 9.46 Å². The fourth-order valence-corrected chi connectivity index (χ4v) is 3.61. The average Bonchev–Trinajstić information content (AvgIpc) is 2.55. The van der Waals surface area contributed by atoms with Crippen LogP contribution in [0.1, 0.15) is 31.7 Å². The number of rotatable bonds is 8. The predicted octanol–water partition coefficient (Wildman–Crippen LogP) is 4.88. The maximum absolute atomic E-state index is 12.5. The van der Waals surface area contributed by atoms with Crippen LogP contribution in [-0.2, 0) is 16.4 Å². The lowest BCUT2D eigenvalue weighted by Crippen LogP contribution is -2.13. The van der Waals surface area contributed by atoms with Crippen molar-refractivity contribution in [2.24, 2.45) is 0 Å². The zero-order valence-corrected chi connectivity index (χ0v) is 15.5. The van der Waals surface area contributed by atoms with E-state index in [1.165, 1.54) is 19.6 Å². The highest BCUT2D eigenvalue weighted by atomic mass is 35.5. The first kappa shape index (κ1) is 18.6. The van der Waals surface area contributed by atoms with Crippen molar-refractivity contribution in [2.75, 3.05) is 11.8 Å². The van der Waals surface area contributed by atoms with Crippen LogP contribution in [0.25, 0.3) is 0 Å². The van der Waals surface area contributed by atoms with Gasteiger partial charge in [0, 0.05) is 5.02 Å². The summed E-state index contributed by atoms with van der Waals surface area (Å²) in [6.45, 7) is 2.16. The third-order valence-electron chi connectivity index (χ3n) is 3.71. The molecule has 0 unspecified atom stereocenters. The van der Waals surface area contributed by atoms with Gasteiger partial charge in [0.25, 0.3) is 10.0 Å². The molecule has 0 atom stereocenters. The molecule has 0 heterocycles. The fraction of sp³-hybridized carbons (Fsp3) is 0.333. The number of hydrogen-bond acceptors (Lipinski definition) is 3. The maximum atomic E-state index is 12.5. The Kier molecular flexibility index (Phi) is 6.52. The summed E-state index contributed by atoms with van der Waals surface area (Å²) >= 11 is 5.94. The topological polar surface area (TPSA) is 55.4 Å². The molecule has 0 fully saturated rings. The second-order valence-electron chi connectivity index (χ2n) is 5.55. The lowest BCUT2D eigenvalue weighted by molar-refractivity contribution is 0.417. The van der Waals surface area contributed by atoms with Gasteiger partial charge in [0.15, 0.2) is 0 Å². The van der Waals surface area contributed by atoms with Crippen LogP contribution in [0.4, 0.5) is 5.69 Å². The average molecular weight is 368 g/mol. The van der Waals surface area contributed by atoms with Gasteiger partial charge in [0.1, 0.15) is 5.75 Å². The fourth-order valence-electron chi connectivity index (χ4n) is 2.38. The van der Waals surface area contributed by atoms with Gasteiger partial charge in [-0.05, 0) is 48.7 Å². The largest absolute Gasteiger partial charge is 0.495 e. The van der Waals surface area contributed by atoms with Gasteiger partial charge in [-0.1, -0.05) is 43.5 Å². The van der Waals surface area contributed by atoms with E-state index in [4.69, 9.17) is 16.3 Å². The first-order valence-electron chi connectivity index (χ1n) is 7.91. The number of ether oxygens (including phenoxy) is 1. The first-order chi connectivity index (χ1) is 11.5. The van der Waals surface area contributed by atoms with E-state index in [0.717, 1.165) is 24.8 Å². The number of benzene rings is 2. The van der Waals surface area contributed by atoms with Gasteiger partial charge in [-0.2, -0.15) is 0 Å². The molecule has 6 heteroatoms. The predicted molar refractivity (Wildman–Crippen MR) is 98.5 cm³/mol. The minimum atomic E-state index is -3.69. The number of aryl methyl sites for hydroxylation is 1. The molecule has 0 radical (unpaired) electrons. The van der Waals surface area contributed by atoms with Crippen molar-refractivity contribution in [2.45, 2.75) is 37.5 Å². The number of nitrogens with one attached hydrogen (secondary N) is 1. The van der Waals surface area contributed by atoms with Crippen LogP contribution >= 0.6 is 11.6 Å². The normalized spacial score (nSPS) is 11.3. The standard InChI is InChI=1S/C18H22ClNO3S/c1-3-4-5-6-14-7-10-16(11-8-14)24(21,22)20-17-13-15(19)9-12-18(17)23-2/h7-13,20H,3-6H2,1-2H3. The van der Waals surface area contributed by atoms with Crippen LogP contribution in [0.2, 0.25) is 5.02 Å². The Morgan fingerprint density at radius 2 is 1.79 bits per heavy atom. The van der Waals surface area contributed by atoms with E-state index in [9.17, 15) is 8.42 Å². The van der Waals surface area contributed by atoms with Crippen molar-refractivity contribution in [3.63, 3.8) is 0 Å². The van der Waals surface area contributed by atoms with E-state index in [2.05, 4.69) is 11.6 Å². The van der Waals surface area contributed by atoms with Gasteiger partial charge in [-0.3, -0.25) is 4.72 Å². The van der Waals surface area contributed by atoms with E-state index in [0.29, 0.717) is 16.5 Å². The molecule has 0 bridgehead atoms. The molecule has 2 aromatic carbocycles. The third kappa shape index (κ3) is 4.89. The van der Waals surface area contributed by atoms with Crippen LogP contribution in [0.3, 0.4) is 0 Å². The number of anilines is 1. The zero-order valence-electron chi connectivity index (χ0n) is 13.9. The summed E-state index contributed by atoms with van der Waals surface area (Å²) in [6.07, 6.45) is 4.41. The molecular weight excluding hydrogens is 346 g/mol. The van der Waals surface area contributed by atoms with E-state index in [1.807, 2.05) is 12.1 Å². The molecule has 0 amide bonds. The molecule has 0 saturated carbocycles. The van der Waals surface area contributed by atoms with E-state index in [-0.39, 0.29) is 4.90 Å². The molecule has 24 heavy (non-hydrogen) atoms. The van der Waals surface area contributed by atoms with Gasteiger partial charge in [-0.25, -0.2) is 8.42 Å². The molecule has 130 valence electrons. The summed E-state index contributed by atoms with van der Waals surface area (Å²) in [7, 11) is -2.21. The summed E-state index contributed by atoms with van der Waals surface area (Å²) < 4.78 is 32.8. The van der Waals surface area contributed by atoms with E-state index in [1.54, 1.807) is 24.3 Å². The Hall–Kier alpha value is -1.72. The molecule has 4 nitrogen and oxygen atoms in total. The molecule has 2 rings (SSSR count). The van der Waals surface area contributed by atoms with Crippen molar-refractivity contribution in [3.8, 4) is 5.75 Å². The first-order valence-corrected chi connectivity index (χ1v) is 9.77. The summed E-state index contributed by atoms with van der Waals surface area (Å²) in [5.41, 5.74) is 1.46. The quantitative estimate of drug-likeness (QED) is 0.676. The number of halogens is 1. The molecule has 0 aromatic heterocycles. The van der Waals surface area contributed by atoms with Crippen molar-refractivity contribution in [3.05, 3.63) is 53.1 Å². The van der Waals surface area contributed by atoms with Crippen LogP contribution in [-0.4, -0.2) is 15.5 Å². The number of methoxy groups -OCH3 is 1. The Labute approximate surface area is 148 Å². The summed E-state index contributed by atoms with van der Waals surface area (Å²) in [5.74, 6) is 0.416. The molecule has 0 spiro atoms. The highest BCUT2D eigenvalue weighted by molar-refractivity contribution is 7.92. The highest BCUT2D eigenvalue weighted by Crippen LogP contribution is 2.29. The number of hydrogen-bond donors (Lipinski definition) is 1. The van der Waals surface area contributed by atoms with Crippen molar-refractivity contribution in [1.29, 1.82) is 0 Å². The second-order valence-corrected chi connectivity index (χ2v) is 7.67. The molecule has 0 saturated heterocycles. The van der Waals surface area contributed by atoms with E-state index >= 15 is 0 Å². The minimum absolute atomic E-state index is 0.212. The van der Waals surface area contributed by atoms with Gasteiger partial charge in [-0.15, -0.1) is 0 Å². The number of sulfonamides is 1. The van der Waals surface area contributed by atoms with Crippen molar-refractivity contribution in [1.82, 2.24) is 0 Å². The Bertz CT molecular complexity index is 773. The molecular formula is C18H22ClNO3S. The van der Waals surface area contributed by atoms with Crippen molar-refractivity contribution >= 4 is 27.3 Å². The molecule has 1 N–H and O–H groups in total. The Morgan fingerprint density at radius 3 is 2.42 bits per heavy atom. The maximum Gasteiger partial charge on any atom is 0.262 e. The minimum Gasteiger partial charge on any atom is -0.495 e. The summed E-state index contributed by atoms with van der Waals surface area (Å²) in [4.78, 5) is 0.212. The molecule has 0 aliphatic carbocycles. The third-order valence-corrected chi connectivity index (χ3v) is 5.33. The SMILES string of the molecule is CCCCCc1ccc(S(=O)(=O)Nc2cc(Cl)ccc2OC)cc1. The lowest BCUT2D eigenvalue weighted by Gasteiger charge is -2.12. The van der Waals surface area contributed by atoms with Crippen LogP contribution in [0.15, 0.2) is 47.4 Å². The Morgan fingerprint density at radius 1 is 1.08 bits per heavy atom. The van der Waals surface area contributed by atoms with Crippen LogP contribution in [0.5, 0.6) is 5.75 Å². The van der Waals surface area contributed by atoms with Gasteiger partial charge in [0.05, 0.1) is 17.7 Å².